The van der Waals surface area contributed by atoms with Gasteiger partial charge in [-0.25, -0.2) is 18.1 Å². The van der Waals surface area contributed by atoms with Gasteiger partial charge in [0.15, 0.2) is 5.13 Å². The number of aromatic nitrogens is 1. The molecule has 0 saturated heterocycles. The summed E-state index contributed by atoms with van der Waals surface area (Å²) in [6.07, 6.45) is 0. The maximum absolute atomic E-state index is 12.7. The monoisotopic (exact) mass is 449 g/mol. The van der Waals surface area contributed by atoms with Crippen LogP contribution >= 0.6 is 11.3 Å². The first kappa shape index (κ1) is 20.9. The van der Waals surface area contributed by atoms with Gasteiger partial charge in [-0.05, 0) is 23.8 Å². The predicted octanol–water partition coefficient (Wildman–Crippen LogP) is 4.54. The van der Waals surface area contributed by atoms with Crippen LogP contribution in [0, 0.1) is 0 Å². The molecule has 8 heteroatoms. The molecule has 1 aromatic heterocycles. The molecule has 2 N–H and O–H groups in total. The van der Waals surface area contributed by atoms with Gasteiger partial charge in [-0.1, -0.05) is 66.7 Å². The minimum atomic E-state index is -3.76. The van der Waals surface area contributed by atoms with Gasteiger partial charge < -0.3 is 0 Å². The molecular formula is C23H19N3O3S2. The molecule has 0 atom stereocenters. The highest BCUT2D eigenvalue weighted by Gasteiger charge is 2.17. The van der Waals surface area contributed by atoms with Crippen molar-refractivity contribution in [2.45, 2.75) is 11.4 Å². The van der Waals surface area contributed by atoms with Crippen LogP contribution in [0.5, 0.6) is 0 Å². The molecule has 1 amide bonds. The lowest BCUT2D eigenvalue weighted by molar-refractivity contribution is 0.102. The van der Waals surface area contributed by atoms with Crippen LogP contribution in [0.25, 0.3) is 11.3 Å². The van der Waals surface area contributed by atoms with Gasteiger partial charge in [0, 0.05) is 23.1 Å². The Morgan fingerprint density at radius 2 is 1.61 bits per heavy atom. The summed E-state index contributed by atoms with van der Waals surface area (Å²) in [5.41, 5.74) is 2.80. The molecule has 0 aliphatic rings. The maximum Gasteiger partial charge on any atom is 0.257 e. The maximum atomic E-state index is 12.7. The SMILES string of the molecule is O=C(Nc1nc(-c2ccccc2)cs1)c1cccc(S(=O)(=O)NCc2ccccc2)c1. The third kappa shape index (κ3) is 5.24. The summed E-state index contributed by atoms with van der Waals surface area (Å²) in [4.78, 5) is 17.1. The van der Waals surface area contributed by atoms with Crippen LogP contribution < -0.4 is 10.0 Å². The van der Waals surface area contributed by atoms with E-state index in [0.29, 0.717) is 5.13 Å². The molecule has 4 rings (SSSR count). The van der Waals surface area contributed by atoms with Crippen LogP contribution in [-0.2, 0) is 16.6 Å². The Morgan fingerprint density at radius 1 is 0.903 bits per heavy atom. The average Bonchev–Trinajstić information content (AvgIpc) is 3.28. The Balaban J connectivity index is 1.46. The molecule has 0 radical (unpaired) electrons. The molecule has 156 valence electrons. The largest absolute Gasteiger partial charge is 0.298 e. The van der Waals surface area contributed by atoms with Crippen molar-refractivity contribution in [1.82, 2.24) is 9.71 Å². The average molecular weight is 450 g/mol. The Bertz CT molecular complexity index is 1290. The van der Waals surface area contributed by atoms with Crippen LogP contribution in [0.1, 0.15) is 15.9 Å². The quantitative estimate of drug-likeness (QED) is 0.434. The van der Waals surface area contributed by atoms with E-state index in [9.17, 15) is 13.2 Å². The van der Waals surface area contributed by atoms with Gasteiger partial charge in [-0.2, -0.15) is 0 Å². The van der Waals surface area contributed by atoms with E-state index in [1.54, 1.807) is 12.1 Å². The van der Waals surface area contributed by atoms with Crippen molar-refractivity contribution in [2.75, 3.05) is 5.32 Å². The first-order chi connectivity index (χ1) is 15.0. The summed E-state index contributed by atoms with van der Waals surface area (Å²) in [6.45, 7) is 0.168. The van der Waals surface area contributed by atoms with E-state index in [0.717, 1.165) is 16.8 Å². The van der Waals surface area contributed by atoms with Gasteiger partial charge in [0.1, 0.15) is 0 Å². The lowest BCUT2D eigenvalue weighted by Gasteiger charge is -2.08. The second-order valence-electron chi connectivity index (χ2n) is 6.70. The first-order valence-electron chi connectivity index (χ1n) is 9.47. The lowest BCUT2D eigenvalue weighted by atomic mass is 10.2. The molecule has 0 aliphatic heterocycles. The third-order valence-electron chi connectivity index (χ3n) is 4.51. The van der Waals surface area contributed by atoms with Crippen LogP contribution in [0.2, 0.25) is 0 Å². The standard InChI is InChI=1S/C23H19N3O3S2/c27-22(26-23-25-21(16-30-23)18-10-5-2-6-11-18)19-12-7-13-20(14-19)31(28,29)24-15-17-8-3-1-4-9-17/h1-14,16,24H,15H2,(H,25,26,27). The Morgan fingerprint density at radius 3 is 2.35 bits per heavy atom. The number of rotatable bonds is 7. The summed E-state index contributed by atoms with van der Waals surface area (Å²) in [5, 5.41) is 5.04. The van der Waals surface area contributed by atoms with Crippen LogP contribution in [0.3, 0.4) is 0 Å². The molecular weight excluding hydrogens is 430 g/mol. The van der Waals surface area contributed by atoms with E-state index in [4.69, 9.17) is 0 Å². The predicted molar refractivity (Wildman–Crippen MR) is 122 cm³/mol. The molecule has 0 fully saturated rings. The van der Waals surface area contributed by atoms with Crippen molar-refractivity contribution in [2.24, 2.45) is 0 Å². The van der Waals surface area contributed by atoms with Gasteiger partial charge in [-0.3, -0.25) is 10.1 Å². The number of nitrogens with zero attached hydrogens (tertiary/aromatic N) is 1. The lowest BCUT2D eigenvalue weighted by Crippen LogP contribution is -2.23. The van der Waals surface area contributed by atoms with Crippen molar-refractivity contribution < 1.29 is 13.2 Å². The summed E-state index contributed by atoms with van der Waals surface area (Å²) in [6, 6.07) is 24.8. The van der Waals surface area contributed by atoms with Crippen molar-refractivity contribution in [3.8, 4) is 11.3 Å². The summed E-state index contributed by atoms with van der Waals surface area (Å²) in [5.74, 6) is -0.422. The number of carbonyl (C=O) groups excluding carboxylic acids is 1. The van der Waals surface area contributed by atoms with Gasteiger partial charge in [-0.15, -0.1) is 11.3 Å². The molecule has 1 heterocycles. The molecule has 31 heavy (non-hydrogen) atoms. The fraction of sp³-hybridized carbons (Fsp3) is 0.0435. The molecule has 0 aliphatic carbocycles. The fourth-order valence-electron chi connectivity index (χ4n) is 2.90. The van der Waals surface area contributed by atoms with Gasteiger partial charge in [0.25, 0.3) is 5.91 Å². The van der Waals surface area contributed by atoms with Gasteiger partial charge in [0.2, 0.25) is 10.0 Å². The van der Waals surface area contributed by atoms with Crippen LogP contribution in [0.4, 0.5) is 5.13 Å². The first-order valence-corrected chi connectivity index (χ1v) is 11.8. The molecule has 4 aromatic rings. The number of thiazole rings is 1. The van der Waals surface area contributed by atoms with Crippen molar-refractivity contribution in [1.29, 1.82) is 0 Å². The molecule has 6 nitrogen and oxygen atoms in total. The highest BCUT2D eigenvalue weighted by molar-refractivity contribution is 7.89. The number of anilines is 1. The molecule has 3 aromatic carbocycles. The minimum absolute atomic E-state index is 0.0280. The Hall–Kier alpha value is -3.33. The number of nitrogens with one attached hydrogen (secondary N) is 2. The van der Waals surface area contributed by atoms with E-state index in [2.05, 4.69) is 15.0 Å². The number of carbonyl (C=O) groups is 1. The number of benzene rings is 3. The number of sulfonamides is 1. The Kier molecular flexibility index (Phi) is 6.22. The summed E-state index contributed by atoms with van der Waals surface area (Å²) in [7, 11) is -3.76. The molecule has 0 bridgehead atoms. The summed E-state index contributed by atoms with van der Waals surface area (Å²) >= 11 is 1.31. The zero-order valence-corrected chi connectivity index (χ0v) is 18.0. The van der Waals surface area contributed by atoms with Crippen LogP contribution in [-0.4, -0.2) is 19.3 Å². The van der Waals surface area contributed by atoms with Gasteiger partial charge in [0.05, 0.1) is 10.6 Å². The smallest absolute Gasteiger partial charge is 0.257 e. The van der Waals surface area contributed by atoms with E-state index in [1.165, 1.54) is 23.5 Å². The fourth-order valence-corrected chi connectivity index (χ4v) is 4.68. The second-order valence-corrected chi connectivity index (χ2v) is 9.32. The molecule has 0 unspecified atom stereocenters. The van der Waals surface area contributed by atoms with E-state index >= 15 is 0 Å². The van der Waals surface area contributed by atoms with Gasteiger partial charge >= 0.3 is 0 Å². The van der Waals surface area contributed by atoms with Crippen molar-refractivity contribution in [3.05, 3.63) is 101 Å². The van der Waals surface area contributed by atoms with E-state index in [-0.39, 0.29) is 17.0 Å². The van der Waals surface area contributed by atoms with E-state index in [1.807, 2.05) is 66.0 Å². The number of hydrogen-bond acceptors (Lipinski definition) is 5. The Labute approximate surface area is 184 Å². The van der Waals surface area contributed by atoms with Crippen molar-refractivity contribution >= 4 is 32.4 Å². The number of amides is 1. The summed E-state index contributed by atoms with van der Waals surface area (Å²) < 4.78 is 27.9. The second kappa shape index (κ2) is 9.22. The zero-order chi connectivity index (χ0) is 21.7. The third-order valence-corrected chi connectivity index (χ3v) is 6.67. The molecule has 0 saturated carbocycles. The normalized spacial score (nSPS) is 11.2. The van der Waals surface area contributed by atoms with Crippen LogP contribution in [0.15, 0.2) is 95.2 Å². The molecule has 0 spiro atoms. The van der Waals surface area contributed by atoms with Crippen molar-refractivity contribution in [3.63, 3.8) is 0 Å². The topological polar surface area (TPSA) is 88.2 Å². The minimum Gasteiger partial charge on any atom is -0.298 e. The highest BCUT2D eigenvalue weighted by Crippen LogP contribution is 2.25. The zero-order valence-electron chi connectivity index (χ0n) is 16.4. The van der Waals surface area contributed by atoms with E-state index < -0.39 is 15.9 Å². The number of hydrogen-bond donors (Lipinski definition) is 2. The highest BCUT2D eigenvalue weighted by atomic mass is 32.2.